The number of carboxylic acid groups (broad SMARTS) is 1. The van der Waals surface area contributed by atoms with E-state index in [-0.39, 0.29) is 5.76 Å². The summed E-state index contributed by atoms with van der Waals surface area (Å²) in [5.74, 6) is 0.0189. The van der Waals surface area contributed by atoms with Crippen LogP contribution in [-0.4, -0.2) is 11.1 Å². The van der Waals surface area contributed by atoms with Crippen LogP contribution in [-0.2, 0) is 0 Å². The lowest BCUT2D eigenvalue weighted by Crippen LogP contribution is -1.92. The van der Waals surface area contributed by atoms with E-state index in [1.54, 1.807) is 13.0 Å². The first kappa shape index (κ1) is 8.84. The van der Waals surface area contributed by atoms with Crippen LogP contribution in [0.4, 0.5) is 0 Å². The van der Waals surface area contributed by atoms with Crippen LogP contribution in [0.15, 0.2) is 10.5 Å². The Morgan fingerprint density at radius 2 is 2.17 bits per heavy atom. The number of carbonyl (C=O) groups is 1. The highest BCUT2D eigenvalue weighted by atomic mass is 16.4. The van der Waals surface area contributed by atoms with Gasteiger partial charge in [-0.05, 0) is 24.5 Å². The lowest BCUT2D eigenvalue weighted by Gasteiger charge is -1.99. The van der Waals surface area contributed by atoms with Crippen LogP contribution in [0.1, 0.15) is 41.6 Å². The number of aromatic carboxylic acids is 1. The second-order valence-corrected chi connectivity index (χ2v) is 3.08. The van der Waals surface area contributed by atoms with Gasteiger partial charge in [0.2, 0.25) is 5.76 Å². The molecule has 0 spiro atoms. The van der Waals surface area contributed by atoms with Gasteiger partial charge in [-0.2, -0.15) is 0 Å². The van der Waals surface area contributed by atoms with Gasteiger partial charge in [-0.1, -0.05) is 13.8 Å². The molecule has 12 heavy (non-hydrogen) atoms. The fourth-order valence-electron chi connectivity index (χ4n) is 1.17. The molecule has 0 aliphatic heterocycles. The molecule has 0 atom stereocenters. The third-order valence-corrected chi connectivity index (χ3v) is 1.79. The summed E-state index contributed by atoms with van der Waals surface area (Å²) in [5.41, 5.74) is 0.965. The lowest BCUT2D eigenvalue weighted by molar-refractivity contribution is 0.0661. The molecule has 0 unspecified atom stereocenters. The summed E-state index contributed by atoms with van der Waals surface area (Å²) < 4.78 is 5.04. The van der Waals surface area contributed by atoms with Gasteiger partial charge in [0.15, 0.2) is 0 Å². The highest BCUT2D eigenvalue weighted by Crippen LogP contribution is 2.22. The van der Waals surface area contributed by atoms with Crippen LogP contribution < -0.4 is 0 Å². The van der Waals surface area contributed by atoms with Crippen molar-refractivity contribution in [2.45, 2.75) is 26.7 Å². The molecule has 0 saturated carbocycles. The SMILES string of the molecule is Cc1oc(C(=O)O)cc1C(C)C. The average molecular weight is 168 g/mol. The van der Waals surface area contributed by atoms with Gasteiger partial charge in [0, 0.05) is 0 Å². The zero-order chi connectivity index (χ0) is 9.30. The standard InChI is InChI=1S/C9H12O3/c1-5(2)7-4-8(9(10)11)12-6(7)3/h4-5H,1-3H3,(H,10,11). The number of furan rings is 1. The van der Waals surface area contributed by atoms with E-state index in [0.29, 0.717) is 11.7 Å². The minimum absolute atomic E-state index is 0.0243. The predicted octanol–water partition coefficient (Wildman–Crippen LogP) is 2.41. The Hall–Kier alpha value is -1.25. The second kappa shape index (κ2) is 3.01. The van der Waals surface area contributed by atoms with Crippen molar-refractivity contribution in [2.24, 2.45) is 0 Å². The van der Waals surface area contributed by atoms with Gasteiger partial charge in [0.25, 0.3) is 0 Å². The van der Waals surface area contributed by atoms with Gasteiger partial charge in [0.1, 0.15) is 5.76 Å². The van der Waals surface area contributed by atoms with E-state index in [4.69, 9.17) is 9.52 Å². The molecule has 1 aromatic rings. The first-order valence-electron chi connectivity index (χ1n) is 3.86. The van der Waals surface area contributed by atoms with Crippen LogP contribution in [0.5, 0.6) is 0 Å². The number of hydrogen-bond acceptors (Lipinski definition) is 2. The molecular weight excluding hydrogens is 156 g/mol. The van der Waals surface area contributed by atoms with Gasteiger partial charge < -0.3 is 9.52 Å². The van der Waals surface area contributed by atoms with Gasteiger partial charge in [-0.25, -0.2) is 4.79 Å². The molecule has 0 aromatic carbocycles. The summed E-state index contributed by atoms with van der Waals surface area (Å²) in [5, 5.41) is 8.61. The van der Waals surface area contributed by atoms with Crippen molar-refractivity contribution >= 4 is 5.97 Å². The Morgan fingerprint density at radius 3 is 2.42 bits per heavy atom. The molecule has 0 aliphatic carbocycles. The molecule has 1 N–H and O–H groups in total. The van der Waals surface area contributed by atoms with Crippen molar-refractivity contribution in [3.63, 3.8) is 0 Å². The van der Waals surface area contributed by atoms with Gasteiger partial charge in [0.05, 0.1) is 0 Å². The summed E-state index contributed by atoms with van der Waals surface area (Å²) in [6.07, 6.45) is 0. The predicted molar refractivity (Wildman–Crippen MR) is 44.5 cm³/mol. The monoisotopic (exact) mass is 168 g/mol. The molecule has 1 heterocycles. The Bertz CT molecular complexity index is 297. The molecule has 3 heteroatoms. The molecule has 1 aromatic heterocycles. The molecular formula is C9H12O3. The zero-order valence-corrected chi connectivity index (χ0v) is 7.42. The number of rotatable bonds is 2. The Morgan fingerprint density at radius 1 is 1.58 bits per heavy atom. The molecule has 0 amide bonds. The minimum Gasteiger partial charge on any atom is -0.475 e. The summed E-state index contributed by atoms with van der Waals surface area (Å²) >= 11 is 0. The first-order chi connectivity index (χ1) is 5.52. The Labute approximate surface area is 71.0 Å². The highest BCUT2D eigenvalue weighted by molar-refractivity contribution is 5.84. The first-order valence-corrected chi connectivity index (χ1v) is 3.86. The van der Waals surface area contributed by atoms with E-state index < -0.39 is 5.97 Å². The zero-order valence-electron chi connectivity index (χ0n) is 7.42. The normalized spacial score (nSPS) is 10.7. The topological polar surface area (TPSA) is 50.4 Å². The summed E-state index contributed by atoms with van der Waals surface area (Å²) in [4.78, 5) is 10.5. The quantitative estimate of drug-likeness (QED) is 0.737. The maximum Gasteiger partial charge on any atom is 0.371 e. The fourth-order valence-corrected chi connectivity index (χ4v) is 1.17. The van der Waals surface area contributed by atoms with E-state index in [9.17, 15) is 4.79 Å². The van der Waals surface area contributed by atoms with Crippen molar-refractivity contribution in [3.05, 3.63) is 23.2 Å². The van der Waals surface area contributed by atoms with Gasteiger partial charge >= 0.3 is 5.97 Å². The second-order valence-electron chi connectivity index (χ2n) is 3.08. The number of hydrogen-bond donors (Lipinski definition) is 1. The van der Waals surface area contributed by atoms with Gasteiger partial charge in [-0.15, -0.1) is 0 Å². The molecule has 66 valence electrons. The Balaban J connectivity index is 3.09. The van der Waals surface area contributed by atoms with Crippen molar-refractivity contribution in [3.8, 4) is 0 Å². The van der Waals surface area contributed by atoms with E-state index >= 15 is 0 Å². The van der Waals surface area contributed by atoms with Crippen molar-refractivity contribution in [1.29, 1.82) is 0 Å². The van der Waals surface area contributed by atoms with E-state index in [1.165, 1.54) is 0 Å². The van der Waals surface area contributed by atoms with Crippen molar-refractivity contribution < 1.29 is 14.3 Å². The lowest BCUT2D eigenvalue weighted by atomic mass is 10.0. The molecule has 0 radical (unpaired) electrons. The van der Waals surface area contributed by atoms with Crippen LogP contribution >= 0.6 is 0 Å². The third kappa shape index (κ3) is 1.49. The third-order valence-electron chi connectivity index (χ3n) is 1.79. The Kier molecular flexibility index (Phi) is 2.22. The number of carboxylic acids is 1. The van der Waals surface area contributed by atoms with E-state index in [0.717, 1.165) is 5.56 Å². The van der Waals surface area contributed by atoms with E-state index in [1.807, 2.05) is 13.8 Å². The average Bonchev–Trinajstić information content (AvgIpc) is 2.30. The highest BCUT2D eigenvalue weighted by Gasteiger charge is 2.14. The van der Waals surface area contributed by atoms with Crippen LogP contribution in [0.2, 0.25) is 0 Å². The number of aryl methyl sites for hydroxylation is 1. The van der Waals surface area contributed by atoms with Gasteiger partial charge in [-0.3, -0.25) is 0 Å². The fraction of sp³-hybridized carbons (Fsp3) is 0.444. The smallest absolute Gasteiger partial charge is 0.371 e. The van der Waals surface area contributed by atoms with Crippen LogP contribution in [0.25, 0.3) is 0 Å². The van der Waals surface area contributed by atoms with E-state index in [2.05, 4.69) is 0 Å². The summed E-state index contributed by atoms with van der Waals surface area (Å²) in [6, 6.07) is 1.59. The van der Waals surface area contributed by atoms with Crippen LogP contribution in [0.3, 0.4) is 0 Å². The molecule has 3 nitrogen and oxygen atoms in total. The maximum atomic E-state index is 10.5. The van der Waals surface area contributed by atoms with Crippen LogP contribution in [0, 0.1) is 6.92 Å². The minimum atomic E-state index is -1.01. The largest absolute Gasteiger partial charge is 0.475 e. The maximum absolute atomic E-state index is 10.5. The molecule has 0 bridgehead atoms. The molecule has 1 rings (SSSR count). The van der Waals surface area contributed by atoms with Crippen molar-refractivity contribution in [2.75, 3.05) is 0 Å². The molecule has 0 fully saturated rings. The molecule has 0 saturated heterocycles. The van der Waals surface area contributed by atoms with Crippen molar-refractivity contribution in [1.82, 2.24) is 0 Å². The summed E-state index contributed by atoms with van der Waals surface area (Å²) in [6.45, 7) is 5.79. The molecule has 0 aliphatic rings. The summed E-state index contributed by atoms with van der Waals surface area (Å²) in [7, 11) is 0.